The number of allylic oxidation sites excluding steroid dienone is 4. The zero-order chi connectivity index (χ0) is 37.8. The predicted molar refractivity (Wildman–Crippen MR) is 208 cm³/mol. The highest BCUT2D eigenvalue weighted by atomic mass is 16.6. The van der Waals surface area contributed by atoms with Gasteiger partial charge in [0, 0.05) is 19.3 Å². The van der Waals surface area contributed by atoms with Crippen LogP contribution in [-0.2, 0) is 28.6 Å². The molecule has 298 valence electrons. The minimum Gasteiger partial charge on any atom is -0.544 e. The Bertz CT molecular complexity index is 895. The van der Waals surface area contributed by atoms with Crippen molar-refractivity contribution >= 4 is 17.9 Å². The molecule has 8 heteroatoms. The van der Waals surface area contributed by atoms with Crippen LogP contribution in [0.5, 0.6) is 0 Å². The van der Waals surface area contributed by atoms with E-state index in [9.17, 15) is 19.5 Å². The second-order valence-electron chi connectivity index (χ2n) is 15.2. The molecule has 0 saturated carbocycles. The van der Waals surface area contributed by atoms with Crippen molar-refractivity contribution in [2.24, 2.45) is 0 Å². The van der Waals surface area contributed by atoms with Crippen LogP contribution in [0.15, 0.2) is 24.3 Å². The molecule has 0 aliphatic heterocycles. The molecule has 51 heavy (non-hydrogen) atoms. The Morgan fingerprint density at radius 2 is 1.10 bits per heavy atom. The molecule has 0 N–H and O–H groups in total. The summed E-state index contributed by atoms with van der Waals surface area (Å²) in [5, 5.41) is 11.6. The standard InChI is InChI=1S/C43H79NO7/c1-6-8-10-12-14-16-17-18-19-20-21-22-23-24-26-27-29-31-33-41(45)50-38-39(37-49-36-35-40(43(47)48)44(3,4)5)51-42(46)34-32-30-28-25-15-13-11-9-7-2/h9,11,15,25,39-40H,6-8,10,12-14,16-24,26-38H2,1-5H3/b11-9+,25-15+. The number of rotatable bonds is 37. The molecule has 0 radical (unpaired) electrons. The van der Waals surface area contributed by atoms with Crippen molar-refractivity contribution in [3.05, 3.63) is 24.3 Å². The van der Waals surface area contributed by atoms with Gasteiger partial charge in [-0.25, -0.2) is 0 Å². The fourth-order valence-corrected chi connectivity index (χ4v) is 6.11. The van der Waals surface area contributed by atoms with Gasteiger partial charge in [0.15, 0.2) is 6.10 Å². The SMILES string of the molecule is CC/C=C/C/C=C/CCCCC(=O)OC(COCCC(C(=O)[O-])[N+](C)(C)C)COC(=O)CCCCCCCCCCCCCCCCCCCC. The van der Waals surface area contributed by atoms with Crippen molar-refractivity contribution in [1.29, 1.82) is 0 Å². The van der Waals surface area contributed by atoms with E-state index < -0.39 is 18.1 Å². The van der Waals surface area contributed by atoms with Crippen LogP contribution in [0.1, 0.15) is 181 Å². The quantitative estimate of drug-likeness (QED) is 0.0273. The number of carbonyl (C=O) groups excluding carboxylic acids is 3. The lowest BCUT2D eigenvalue weighted by Crippen LogP contribution is -2.55. The van der Waals surface area contributed by atoms with Crippen LogP contribution in [0.3, 0.4) is 0 Å². The fraction of sp³-hybridized carbons (Fsp3) is 0.837. The number of carboxylic acid groups (broad SMARTS) is 1. The summed E-state index contributed by atoms with van der Waals surface area (Å²) in [6.07, 6.45) is 36.5. The van der Waals surface area contributed by atoms with E-state index in [4.69, 9.17) is 14.2 Å². The van der Waals surface area contributed by atoms with Crippen molar-refractivity contribution in [3.8, 4) is 0 Å². The van der Waals surface area contributed by atoms with E-state index in [0.29, 0.717) is 12.8 Å². The minimum absolute atomic E-state index is 0.0309. The second kappa shape index (κ2) is 34.9. The van der Waals surface area contributed by atoms with Crippen LogP contribution in [0.25, 0.3) is 0 Å². The lowest BCUT2D eigenvalue weighted by atomic mass is 10.0. The summed E-state index contributed by atoms with van der Waals surface area (Å²) in [7, 11) is 5.39. The Balaban J connectivity index is 4.26. The maximum atomic E-state index is 12.6. The van der Waals surface area contributed by atoms with Crippen molar-refractivity contribution < 1.29 is 38.2 Å². The molecule has 0 aliphatic rings. The Kier molecular flexibility index (Phi) is 33.4. The summed E-state index contributed by atoms with van der Waals surface area (Å²) in [5.74, 6) is -1.78. The first-order chi connectivity index (χ1) is 24.6. The van der Waals surface area contributed by atoms with Gasteiger partial charge >= 0.3 is 11.9 Å². The van der Waals surface area contributed by atoms with E-state index in [1.807, 2.05) is 0 Å². The smallest absolute Gasteiger partial charge is 0.306 e. The van der Waals surface area contributed by atoms with Gasteiger partial charge in [-0.15, -0.1) is 0 Å². The number of aliphatic carboxylic acids is 1. The third-order valence-electron chi connectivity index (χ3n) is 9.35. The van der Waals surface area contributed by atoms with E-state index in [0.717, 1.165) is 44.9 Å². The van der Waals surface area contributed by atoms with Gasteiger partial charge in [-0.3, -0.25) is 9.59 Å². The van der Waals surface area contributed by atoms with Crippen LogP contribution in [0, 0.1) is 0 Å². The van der Waals surface area contributed by atoms with E-state index in [1.54, 1.807) is 21.1 Å². The van der Waals surface area contributed by atoms with E-state index in [1.165, 1.54) is 96.3 Å². The number of likely N-dealkylation sites (N-methyl/N-ethyl adjacent to an activating group) is 1. The number of carboxylic acids is 1. The summed E-state index contributed by atoms with van der Waals surface area (Å²) in [6, 6.07) is -0.727. The van der Waals surface area contributed by atoms with Crippen LogP contribution in [-0.4, -0.2) is 75.5 Å². The van der Waals surface area contributed by atoms with Crippen LogP contribution >= 0.6 is 0 Å². The molecule has 0 amide bonds. The normalized spacial score (nSPS) is 13.2. The summed E-state index contributed by atoms with van der Waals surface area (Å²) >= 11 is 0. The number of esters is 2. The average Bonchev–Trinajstić information content (AvgIpc) is 3.08. The van der Waals surface area contributed by atoms with E-state index in [-0.39, 0.29) is 49.1 Å². The maximum absolute atomic E-state index is 12.6. The van der Waals surface area contributed by atoms with Crippen LogP contribution < -0.4 is 5.11 Å². The topological polar surface area (TPSA) is 102 Å². The molecule has 0 aromatic carbocycles. The Morgan fingerprint density at radius 3 is 1.61 bits per heavy atom. The van der Waals surface area contributed by atoms with E-state index in [2.05, 4.69) is 38.2 Å². The maximum Gasteiger partial charge on any atom is 0.306 e. The number of carbonyl (C=O) groups is 3. The van der Waals surface area contributed by atoms with Gasteiger partial charge in [0.05, 0.1) is 40.3 Å². The van der Waals surface area contributed by atoms with Crippen molar-refractivity contribution in [1.82, 2.24) is 0 Å². The van der Waals surface area contributed by atoms with Gasteiger partial charge in [-0.2, -0.15) is 0 Å². The number of ether oxygens (including phenoxy) is 3. The second-order valence-corrected chi connectivity index (χ2v) is 15.2. The largest absolute Gasteiger partial charge is 0.544 e. The van der Waals surface area contributed by atoms with E-state index >= 15 is 0 Å². The van der Waals surface area contributed by atoms with Crippen molar-refractivity contribution in [3.63, 3.8) is 0 Å². The molecule has 2 unspecified atom stereocenters. The molecule has 0 rings (SSSR count). The molecule has 0 aliphatic carbocycles. The number of unbranched alkanes of at least 4 members (excludes halogenated alkanes) is 19. The van der Waals surface area contributed by atoms with Crippen molar-refractivity contribution in [2.75, 3.05) is 41.0 Å². The number of hydrogen-bond acceptors (Lipinski definition) is 7. The highest BCUT2D eigenvalue weighted by Crippen LogP contribution is 2.15. The summed E-state index contributed by atoms with van der Waals surface area (Å²) in [6.45, 7) is 4.51. The van der Waals surface area contributed by atoms with Gasteiger partial charge in [0.2, 0.25) is 0 Å². The number of nitrogens with zero attached hydrogens (tertiary/aromatic N) is 1. The lowest BCUT2D eigenvalue weighted by molar-refractivity contribution is -0.889. The molecule has 0 spiro atoms. The lowest BCUT2D eigenvalue weighted by Gasteiger charge is -2.34. The number of quaternary nitrogens is 1. The summed E-state index contributed by atoms with van der Waals surface area (Å²) in [4.78, 5) is 36.6. The zero-order valence-electron chi connectivity index (χ0n) is 33.8. The van der Waals surface area contributed by atoms with Gasteiger partial charge in [-0.1, -0.05) is 147 Å². The highest BCUT2D eigenvalue weighted by Gasteiger charge is 2.25. The molecule has 0 saturated heterocycles. The zero-order valence-corrected chi connectivity index (χ0v) is 33.8. The van der Waals surface area contributed by atoms with Gasteiger partial charge in [0.1, 0.15) is 12.6 Å². The summed E-state index contributed by atoms with van der Waals surface area (Å²) in [5.41, 5.74) is 0. The molecule has 2 atom stereocenters. The monoisotopic (exact) mass is 722 g/mol. The third kappa shape index (κ3) is 33.4. The minimum atomic E-state index is -1.13. The molecular weight excluding hydrogens is 642 g/mol. The Labute approximate surface area is 313 Å². The Morgan fingerprint density at radius 1 is 0.608 bits per heavy atom. The third-order valence-corrected chi connectivity index (χ3v) is 9.35. The van der Waals surface area contributed by atoms with Gasteiger partial charge in [0.25, 0.3) is 0 Å². The molecule has 0 aromatic rings. The predicted octanol–water partition coefficient (Wildman–Crippen LogP) is 9.58. The van der Waals surface area contributed by atoms with Crippen LogP contribution in [0.2, 0.25) is 0 Å². The highest BCUT2D eigenvalue weighted by molar-refractivity contribution is 5.70. The average molecular weight is 722 g/mol. The summed E-state index contributed by atoms with van der Waals surface area (Å²) < 4.78 is 17.1. The molecule has 8 nitrogen and oxygen atoms in total. The molecular formula is C43H79NO7. The Hall–Kier alpha value is -2.19. The first-order valence-electron chi connectivity index (χ1n) is 20.9. The van der Waals surface area contributed by atoms with Crippen LogP contribution in [0.4, 0.5) is 0 Å². The van der Waals surface area contributed by atoms with Gasteiger partial charge < -0.3 is 28.6 Å². The molecule has 0 fully saturated rings. The molecule has 0 aromatic heterocycles. The van der Waals surface area contributed by atoms with Crippen molar-refractivity contribution in [2.45, 2.75) is 193 Å². The fourth-order valence-electron chi connectivity index (χ4n) is 6.11. The molecule has 0 heterocycles. The first kappa shape index (κ1) is 48.8. The first-order valence-corrected chi connectivity index (χ1v) is 20.9. The van der Waals surface area contributed by atoms with Gasteiger partial charge in [-0.05, 0) is 38.5 Å². The molecule has 0 bridgehead atoms. The number of hydrogen-bond donors (Lipinski definition) is 0.